The van der Waals surface area contributed by atoms with Crippen molar-refractivity contribution >= 4 is 27.3 Å². The number of hydrogen-bond donors (Lipinski definition) is 1. The second kappa shape index (κ2) is 5.56. The van der Waals surface area contributed by atoms with Crippen LogP contribution in [0.5, 0.6) is 0 Å². The minimum Gasteiger partial charge on any atom is -0.310 e. The zero-order valence-corrected chi connectivity index (χ0v) is 11.4. The van der Waals surface area contributed by atoms with E-state index >= 15 is 0 Å². The molecule has 16 heavy (non-hydrogen) atoms. The standard InChI is InChI=1S/C10H13BrN4S/c1-8-4-9(16-10(8)11)5-12-2-3-15-7-13-6-14-15/h4,6-7,12H,2-3,5H2,1H3. The molecule has 1 N–H and O–H groups in total. The highest BCUT2D eigenvalue weighted by atomic mass is 79.9. The van der Waals surface area contributed by atoms with Crippen LogP contribution in [-0.2, 0) is 13.1 Å². The second-order valence-corrected chi connectivity index (χ2v) is 5.96. The van der Waals surface area contributed by atoms with Crippen LogP contribution in [0.2, 0.25) is 0 Å². The quantitative estimate of drug-likeness (QED) is 0.861. The number of aryl methyl sites for hydroxylation is 1. The van der Waals surface area contributed by atoms with Crippen LogP contribution in [0.15, 0.2) is 22.5 Å². The Morgan fingerprint density at radius 2 is 2.44 bits per heavy atom. The highest BCUT2D eigenvalue weighted by Gasteiger charge is 2.01. The number of rotatable bonds is 5. The summed E-state index contributed by atoms with van der Waals surface area (Å²) in [4.78, 5) is 5.24. The Kier molecular flexibility index (Phi) is 4.09. The summed E-state index contributed by atoms with van der Waals surface area (Å²) in [6, 6.07) is 2.21. The fourth-order valence-electron chi connectivity index (χ4n) is 1.36. The topological polar surface area (TPSA) is 42.7 Å². The van der Waals surface area contributed by atoms with Gasteiger partial charge in [-0.25, -0.2) is 4.98 Å². The van der Waals surface area contributed by atoms with E-state index in [1.165, 1.54) is 14.2 Å². The highest BCUT2D eigenvalue weighted by molar-refractivity contribution is 9.11. The molecule has 0 amide bonds. The maximum Gasteiger partial charge on any atom is 0.137 e. The first-order chi connectivity index (χ1) is 7.75. The largest absolute Gasteiger partial charge is 0.310 e. The number of aromatic nitrogens is 3. The van der Waals surface area contributed by atoms with Crippen LogP contribution in [0.1, 0.15) is 10.4 Å². The molecule has 2 aromatic rings. The molecule has 0 aliphatic rings. The number of nitrogens with zero attached hydrogens (tertiary/aromatic N) is 3. The van der Waals surface area contributed by atoms with Crippen LogP contribution >= 0.6 is 27.3 Å². The molecule has 0 fully saturated rings. The zero-order chi connectivity index (χ0) is 11.4. The maximum absolute atomic E-state index is 4.04. The van der Waals surface area contributed by atoms with E-state index in [1.807, 2.05) is 4.68 Å². The normalized spacial score (nSPS) is 10.9. The van der Waals surface area contributed by atoms with Crippen molar-refractivity contribution in [2.75, 3.05) is 6.54 Å². The number of thiophene rings is 1. The van der Waals surface area contributed by atoms with Gasteiger partial charge in [0.25, 0.3) is 0 Å². The lowest BCUT2D eigenvalue weighted by atomic mass is 10.3. The first-order valence-corrected chi connectivity index (χ1v) is 6.64. The van der Waals surface area contributed by atoms with E-state index in [0.29, 0.717) is 0 Å². The molecule has 0 unspecified atom stereocenters. The van der Waals surface area contributed by atoms with E-state index in [0.717, 1.165) is 19.6 Å². The average Bonchev–Trinajstić information content (AvgIpc) is 2.85. The van der Waals surface area contributed by atoms with E-state index in [4.69, 9.17) is 0 Å². The van der Waals surface area contributed by atoms with Gasteiger partial charge in [-0.05, 0) is 34.5 Å². The van der Waals surface area contributed by atoms with Crippen LogP contribution in [-0.4, -0.2) is 21.3 Å². The summed E-state index contributed by atoms with van der Waals surface area (Å²) < 4.78 is 3.04. The summed E-state index contributed by atoms with van der Waals surface area (Å²) in [5.41, 5.74) is 1.30. The van der Waals surface area contributed by atoms with Gasteiger partial charge in [-0.2, -0.15) is 5.10 Å². The van der Waals surface area contributed by atoms with Crippen LogP contribution in [0.4, 0.5) is 0 Å². The Labute approximate surface area is 107 Å². The zero-order valence-electron chi connectivity index (χ0n) is 8.98. The van der Waals surface area contributed by atoms with Crippen molar-refractivity contribution in [3.05, 3.63) is 32.9 Å². The fourth-order valence-corrected chi connectivity index (χ4v) is 2.96. The first kappa shape index (κ1) is 11.8. The van der Waals surface area contributed by atoms with Gasteiger partial charge >= 0.3 is 0 Å². The predicted octanol–water partition coefficient (Wildman–Crippen LogP) is 2.20. The Bertz CT molecular complexity index is 418. The predicted molar refractivity (Wildman–Crippen MR) is 68.5 cm³/mol. The Morgan fingerprint density at radius 1 is 1.56 bits per heavy atom. The number of halogens is 1. The summed E-state index contributed by atoms with van der Waals surface area (Å²) in [7, 11) is 0. The summed E-state index contributed by atoms with van der Waals surface area (Å²) in [5, 5.41) is 7.42. The lowest BCUT2D eigenvalue weighted by Gasteiger charge is -2.02. The SMILES string of the molecule is Cc1cc(CNCCn2cncn2)sc1Br. The molecule has 2 rings (SSSR count). The summed E-state index contributed by atoms with van der Waals surface area (Å²) in [6.07, 6.45) is 3.29. The molecule has 4 nitrogen and oxygen atoms in total. The molecule has 6 heteroatoms. The molecular formula is C10H13BrN4S. The molecule has 2 aromatic heterocycles. The van der Waals surface area contributed by atoms with Crippen molar-refractivity contribution in [3.8, 4) is 0 Å². The molecule has 0 spiro atoms. The summed E-state index contributed by atoms with van der Waals surface area (Å²) >= 11 is 5.31. The lowest BCUT2D eigenvalue weighted by molar-refractivity contribution is 0.555. The molecule has 0 saturated carbocycles. The van der Waals surface area contributed by atoms with Crippen LogP contribution in [0, 0.1) is 6.92 Å². The minimum atomic E-state index is 0.853. The first-order valence-electron chi connectivity index (χ1n) is 5.03. The molecule has 0 saturated heterocycles. The smallest absolute Gasteiger partial charge is 0.137 e. The Morgan fingerprint density at radius 3 is 3.06 bits per heavy atom. The number of nitrogens with one attached hydrogen (secondary N) is 1. The van der Waals surface area contributed by atoms with Crippen LogP contribution < -0.4 is 5.32 Å². The highest BCUT2D eigenvalue weighted by Crippen LogP contribution is 2.26. The van der Waals surface area contributed by atoms with Gasteiger partial charge in [-0.15, -0.1) is 11.3 Å². The van der Waals surface area contributed by atoms with Gasteiger partial charge in [0.1, 0.15) is 12.7 Å². The second-order valence-electron chi connectivity index (χ2n) is 3.50. The van der Waals surface area contributed by atoms with E-state index in [1.54, 1.807) is 24.0 Å². The molecule has 0 bridgehead atoms. The molecule has 2 heterocycles. The van der Waals surface area contributed by atoms with Gasteiger partial charge in [0.15, 0.2) is 0 Å². The van der Waals surface area contributed by atoms with E-state index in [-0.39, 0.29) is 0 Å². The van der Waals surface area contributed by atoms with Crippen molar-refractivity contribution < 1.29 is 0 Å². The van der Waals surface area contributed by atoms with Gasteiger partial charge in [0.05, 0.1) is 10.3 Å². The van der Waals surface area contributed by atoms with Gasteiger partial charge < -0.3 is 5.32 Å². The molecule has 0 radical (unpaired) electrons. The minimum absolute atomic E-state index is 0.853. The van der Waals surface area contributed by atoms with Crippen molar-refractivity contribution in [2.45, 2.75) is 20.0 Å². The maximum atomic E-state index is 4.04. The van der Waals surface area contributed by atoms with Crippen molar-refractivity contribution in [1.29, 1.82) is 0 Å². The van der Waals surface area contributed by atoms with Gasteiger partial charge in [0.2, 0.25) is 0 Å². The van der Waals surface area contributed by atoms with Gasteiger partial charge in [0, 0.05) is 18.0 Å². The third-order valence-corrected chi connectivity index (χ3v) is 4.33. The Balaban J connectivity index is 1.72. The third-order valence-electron chi connectivity index (χ3n) is 2.19. The fraction of sp³-hybridized carbons (Fsp3) is 0.400. The van der Waals surface area contributed by atoms with Gasteiger partial charge in [-0.3, -0.25) is 4.68 Å². The van der Waals surface area contributed by atoms with E-state index in [2.05, 4.69) is 44.3 Å². The monoisotopic (exact) mass is 300 g/mol. The molecule has 0 aromatic carbocycles. The van der Waals surface area contributed by atoms with E-state index < -0.39 is 0 Å². The van der Waals surface area contributed by atoms with Crippen molar-refractivity contribution in [2.24, 2.45) is 0 Å². The molecule has 0 aliphatic carbocycles. The lowest BCUT2D eigenvalue weighted by Crippen LogP contribution is -2.19. The molecule has 0 aliphatic heterocycles. The summed E-state index contributed by atoms with van der Waals surface area (Å²) in [6.45, 7) is 4.77. The van der Waals surface area contributed by atoms with Crippen LogP contribution in [0.25, 0.3) is 0 Å². The molecular weight excluding hydrogens is 288 g/mol. The summed E-state index contributed by atoms with van der Waals surface area (Å²) in [5.74, 6) is 0. The average molecular weight is 301 g/mol. The van der Waals surface area contributed by atoms with Gasteiger partial charge in [-0.1, -0.05) is 0 Å². The van der Waals surface area contributed by atoms with E-state index in [9.17, 15) is 0 Å². The third kappa shape index (κ3) is 3.13. The number of hydrogen-bond acceptors (Lipinski definition) is 4. The Hall–Kier alpha value is -0.720. The molecule has 0 atom stereocenters. The molecule has 86 valence electrons. The van der Waals surface area contributed by atoms with Crippen molar-refractivity contribution in [1.82, 2.24) is 20.1 Å². The van der Waals surface area contributed by atoms with Crippen LogP contribution in [0.3, 0.4) is 0 Å². The van der Waals surface area contributed by atoms with Crippen molar-refractivity contribution in [3.63, 3.8) is 0 Å².